The summed E-state index contributed by atoms with van der Waals surface area (Å²) in [7, 11) is 3.51. The Morgan fingerprint density at radius 1 is 1.14 bits per heavy atom. The SMILES string of the molecule is CCCC(COC)N1C[C@@H](NC(=O)Nc2c(C)c(-c3cnn(C)c3)nn2-c2ccccc2)[C@H](c2ccc(F)c(F)c2)C1. The van der Waals surface area contributed by atoms with Crippen molar-refractivity contribution in [2.75, 3.05) is 32.1 Å². The number of para-hydroxylation sites is 1. The van der Waals surface area contributed by atoms with Crippen molar-refractivity contribution < 1.29 is 18.3 Å². The summed E-state index contributed by atoms with van der Waals surface area (Å²) in [5.41, 5.74) is 3.75. The number of aryl methyl sites for hydroxylation is 1. The fourth-order valence-corrected chi connectivity index (χ4v) is 5.78. The third kappa shape index (κ3) is 6.22. The molecule has 3 atom stereocenters. The standard InChI is InChI=1S/C31H37F2N7O2/c1-5-9-24(19-42-4)39-17-25(21-12-13-26(32)27(33)14-21)28(18-39)35-31(41)36-30-20(2)29(22-15-34-38(3)16-22)37-40(30)23-10-7-6-8-11-23/h6-8,10-16,24-25,28H,5,9,17-19H2,1-4H3,(H2,35,36,41)/t24?,25-,28+/m0/s1. The summed E-state index contributed by atoms with van der Waals surface area (Å²) in [6, 6.07) is 12.9. The zero-order valence-electron chi connectivity index (χ0n) is 24.3. The molecule has 11 heteroatoms. The number of hydrogen-bond donors (Lipinski definition) is 2. The highest BCUT2D eigenvalue weighted by molar-refractivity contribution is 5.91. The van der Waals surface area contributed by atoms with Crippen LogP contribution in [0.25, 0.3) is 16.9 Å². The number of halogens is 2. The van der Waals surface area contributed by atoms with E-state index in [0.29, 0.717) is 36.8 Å². The van der Waals surface area contributed by atoms with Gasteiger partial charge in [-0.05, 0) is 43.2 Å². The average molecular weight is 578 g/mol. The van der Waals surface area contributed by atoms with E-state index < -0.39 is 17.7 Å². The third-order valence-corrected chi connectivity index (χ3v) is 7.87. The molecule has 9 nitrogen and oxygen atoms in total. The molecule has 3 heterocycles. The molecule has 2 aromatic heterocycles. The molecule has 0 radical (unpaired) electrons. The molecule has 1 aliphatic rings. The van der Waals surface area contributed by atoms with Crippen LogP contribution in [0.5, 0.6) is 0 Å². The molecular formula is C31H37F2N7O2. The quantitative estimate of drug-likeness (QED) is 0.268. The van der Waals surface area contributed by atoms with Gasteiger partial charge in [-0.15, -0.1) is 0 Å². The number of hydrogen-bond acceptors (Lipinski definition) is 5. The molecule has 0 saturated carbocycles. The monoisotopic (exact) mass is 577 g/mol. The van der Waals surface area contributed by atoms with Gasteiger partial charge in [-0.2, -0.15) is 10.2 Å². The lowest BCUT2D eigenvalue weighted by Gasteiger charge is -2.27. The normalized spacial score (nSPS) is 17.9. The van der Waals surface area contributed by atoms with Crippen LogP contribution in [-0.4, -0.2) is 69.4 Å². The van der Waals surface area contributed by atoms with Gasteiger partial charge in [0.2, 0.25) is 0 Å². The molecule has 1 saturated heterocycles. The lowest BCUT2D eigenvalue weighted by atomic mass is 9.94. The van der Waals surface area contributed by atoms with Crippen LogP contribution in [0.15, 0.2) is 60.9 Å². The topological polar surface area (TPSA) is 89.2 Å². The Morgan fingerprint density at radius 3 is 2.60 bits per heavy atom. The first-order valence-electron chi connectivity index (χ1n) is 14.2. The van der Waals surface area contributed by atoms with Crippen LogP contribution in [0.1, 0.15) is 36.8 Å². The predicted molar refractivity (Wildman–Crippen MR) is 158 cm³/mol. The van der Waals surface area contributed by atoms with Gasteiger partial charge in [-0.3, -0.25) is 14.9 Å². The molecule has 2 amide bonds. The molecular weight excluding hydrogens is 540 g/mol. The number of benzene rings is 2. The van der Waals surface area contributed by atoms with Crippen LogP contribution in [0.2, 0.25) is 0 Å². The Labute approximate surface area is 244 Å². The minimum absolute atomic E-state index is 0.145. The van der Waals surface area contributed by atoms with Gasteiger partial charge in [0.25, 0.3) is 0 Å². The molecule has 222 valence electrons. The lowest BCUT2D eigenvalue weighted by molar-refractivity contribution is 0.0977. The summed E-state index contributed by atoms with van der Waals surface area (Å²) in [4.78, 5) is 15.9. The van der Waals surface area contributed by atoms with Crippen LogP contribution in [0.4, 0.5) is 19.4 Å². The number of urea groups is 1. The van der Waals surface area contributed by atoms with Crippen molar-refractivity contribution in [3.63, 3.8) is 0 Å². The Kier molecular flexibility index (Phi) is 8.98. The van der Waals surface area contributed by atoms with E-state index in [9.17, 15) is 13.6 Å². The number of rotatable bonds is 10. The smallest absolute Gasteiger partial charge is 0.320 e. The molecule has 4 aromatic rings. The molecule has 2 aromatic carbocycles. The number of amides is 2. The zero-order valence-corrected chi connectivity index (χ0v) is 24.3. The summed E-state index contributed by atoms with van der Waals surface area (Å²) < 4.78 is 37.0. The number of nitrogens with zero attached hydrogens (tertiary/aromatic N) is 5. The first-order chi connectivity index (χ1) is 20.3. The van der Waals surface area contributed by atoms with Crippen molar-refractivity contribution in [2.24, 2.45) is 7.05 Å². The Balaban J connectivity index is 1.44. The number of carbonyl (C=O) groups excluding carboxylic acids is 1. The Morgan fingerprint density at radius 2 is 1.93 bits per heavy atom. The maximum Gasteiger partial charge on any atom is 0.320 e. The van der Waals surface area contributed by atoms with Gasteiger partial charge >= 0.3 is 6.03 Å². The van der Waals surface area contributed by atoms with Gasteiger partial charge in [-0.1, -0.05) is 37.6 Å². The van der Waals surface area contributed by atoms with Gasteiger partial charge in [0.05, 0.1) is 24.5 Å². The molecule has 5 rings (SSSR count). The largest absolute Gasteiger partial charge is 0.383 e. The van der Waals surface area contributed by atoms with Crippen molar-refractivity contribution >= 4 is 11.8 Å². The van der Waals surface area contributed by atoms with E-state index in [-0.39, 0.29) is 18.0 Å². The number of carbonyl (C=O) groups is 1. The van der Waals surface area contributed by atoms with Crippen molar-refractivity contribution in [3.05, 3.63) is 83.7 Å². The van der Waals surface area contributed by atoms with Gasteiger partial charge in [0.1, 0.15) is 11.5 Å². The number of ether oxygens (including phenoxy) is 1. The summed E-state index contributed by atoms with van der Waals surface area (Å²) in [6.07, 6.45) is 5.51. The Hall–Kier alpha value is -4.09. The fraction of sp³-hybridized carbons (Fsp3) is 0.387. The highest BCUT2D eigenvalue weighted by atomic mass is 19.2. The second-order valence-electron chi connectivity index (χ2n) is 10.8. The van der Waals surface area contributed by atoms with Gasteiger partial charge in [0, 0.05) is 56.5 Å². The second kappa shape index (κ2) is 12.8. The zero-order chi connectivity index (χ0) is 29.8. The van der Waals surface area contributed by atoms with Crippen molar-refractivity contribution in [1.29, 1.82) is 0 Å². The van der Waals surface area contributed by atoms with E-state index in [1.807, 2.05) is 50.5 Å². The molecule has 1 fully saturated rings. The summed E-state index contributed by atoms with van der Waals surface area (Å²) >= 11 is 0. The molecule has 1 aliphatic heterocycles. The fourth-order valence-electron chi connectivity index (χ4n) is 5.78. The second-order valence-corrected chi connectivity index (χ2v) is 10.8. The summed E-state index contributed by atoms with van der Waals surface area (Å²) in [6.45, 7) is 5.70. The third-order valence-electron chi connectivity index (χ3n) is 7.87. The molecule has 42 heavy (non-hydrogen) atoms. The van der Waals surface area contributed by atoms with E-state index in [2.05, 4.69) is 27.6 Å². The Bertz CT molecular complexity index is 1510. The van der Waals surface area contributed by atoms with E-state index in [1.54, 1.807) is 28.7 Å². The molecule has 2 N–H and O–H groups in total. The number of anilines is 1. The highest BCUT2D eigenvalue weighted by Gasteiger charge is 2.38. The van der Waals surface area contributed by atoms with Gasteiger partial charge in [0.15, 0.2) is 11.6 Å². The molecule has 1 unspecified atom stereocenters. The van der Waals surface area contributed by atoms with Gasteiger partial charge in [-0.25, -0.2) is 18.3 Å². The summed E-state index contributed by atoms with van der Waals surface area (Å²) in [5, 5.41) is 15.3. The maximum atomic E-state index is 14.3. The van der Waals surface area contributed by atoms with E-state index in [0.717, 1.165) is 35.7 Å². The van der Waals surface area contributed by atoms with Crippen LogP contribution in [0, 0.1) is 18.6 Å². The number of methoxy groups -OCH3 is 1. The number of aromatic nitrogens is 4. The van der Waals surface area contributed by atoms with Crippen LogP contribution < -0.4 is 10.6 Å². The van der Waals surface area contributed by atoms with E-state index >= 15 is 0 Å². The minimum atomic E-state index is -0.901. The van der Waals surface area contributed by atoms with E-state index in [1.165, 1.54) is 6.07 Å². The summed E-state index contributed by atoms with van der Waals surface area (Å²) in [5.74, 6) is -1.51. The number of nitrogens with one attached hydrogen (secondary N) is 2. The molecule has 0 aliphatic carbocycles. The molecule has 0 spiro atoms. The van der Waals surface area contributed by atoms with Gasteiger partial charge < -0.3 is 10.1 Å². The highest BCUT2D eigenvalue weighted by Crippen LogP contribution is 2.33. The average Bonchev–Trinajstić information content (AvgIpc) is 3.68. The van der Waals surface area contributed by atoms with Crippen LogP contribution >= 0.6 is 0 Å². The van der Waals surface area contributed by atoms with Crippen LogP contribution in [0.3, 0.4) is 0 Å². The van der Waals surface area contributed by atoms with Crippen LogP contribution in [-0.2, 0) is 11.8 Å². The minimum Gasteiger partial charge on any atom is -0.383 e. The van der Waals surface area contributed by atoms with E-state index in [4.69, 9.17) is 9.84 Å². The van der Waals surface area contributed by atoms with Crippen molar-refractivity contribution in [2.45, 2.75) is 44.7 Å². The first kappa shape index (κ1) is 29.4. The van der Waals surface area contributed by atoms with Crippen molar-refractivity contribution in [1.82, 2.24) is 29.8 Å². The molecule has 0 bridgehead atoms. The number of likely N-dealkylation sites (tertiary alicyclic amines) is 1. The predicted octanol–water partition coefficient (Wildman–Crippen LogP) is 5.26. The lowest BCUT2D eigenvalue weighted by Crippen LogP contribution is -2.44. The first-order valence-corrected chi connectivity index (χ1v) is 14.2. The maximum absolute atomic E-state index is 14.3. The van der Waals surface area contributed by atoms with Crippen molar-refractivity contribution in [3.8, 4) is 16.9 Å².